The minimum atomic E-state index is -1.22. The number of unbranched alkanes of at least 4 members (excludes halogenated alkanes) is 6. The van der Waals surface area contributed by atoms with E-state index in [1.807, 2.05) is 46.2 Å². The number of ether oxygens (including phenoxy) is 4. The second-order valence-electron chi connectivity index (χ2n) is 16.2. The van der Waals surface area contributed by atoms with Crippen molar-refractivity contribution in [3.05, 3.63) is 131 Å². The molecule has 0 heterocycles. The normalized spacial score (nSPS) is 11.5. The van der Waals surface area contributed by atoms with Crippen molar-refractivity contribution in [1.29, 1.82) is 0 Å². The molecule has 0 unspecified atom stereocenters. The molecular formula is C54H72MgN2O10. The third-order valence-corrected chi connectivity index (χ3v) is 11.0. The van der Waals surface area contributed by atoms with Crippen LogP contribution in [0.15, 0.2) is 109 Å². The summed E-state index contributed by atoms with van der Waals surface area (Å²) in [4.78, 5) is 51.8. The Morgan fingerprint density at radius 1 is 0.463 bits per heavy atom. The predicted octanol–water partition coefficient (Wildman–Crippen LogP) is 6.45. The van der Waals surface area contributed by atoms with E-state index in [1.54, 1.807) is 62.4 Å². The molecule has 0 aliphatic carbocycles. The van der Waals surface area contributed by atoms with Crippen molar-refractivity contribution < 1.29 is 48.3 Å². The van der Waals surface area contributed by atoms with E-state index in [-0.39, 0.29) is 60.9 Å². The zero-order valence-corrected chi connectivity index (χ0v) is 41.8. The Kier molecular flexibility index (Phi) is 30.6. The fourth-order valence-electron chi connectivity index (χ4n) is 7.17. The minimum Gasteiger partial charge on any atom is -0.547 e. The SMILES string of the molecule is CCCCCCN(CCc1ccccc1)C(=O)COc1ccc(C[C@H](OCC)C(=O)[O-])cc1.CCCCCCN(CCc1ccccc1)C(=O)COc1ccc(C[C@H](OCC)C(=O)[O-])cc1.[Mg+2]. The Morgan fingerprint density at radius 2 is 0.821 bits per heavy atom. The molecule has 0 saturated carbocycles. The van der Waals surface area contributed by atoms with Crippen LogP contribution in [0.4, 0.5) is 0 Å². The van der Waals surface area contributed by atoms with Gasteiger partial charge in [-0.1, -0.05) is 137 Å². The number of carboxylic acid groups (broad SMARTS) is 2. The molecule has 0 N–H and O–H groups in total. The summed E-state index contributed by atoms with van der Waals surface area (Å²) in [7, 11) is 0. The largest absolute Gasteiger partial charge is 2.00 e. The van der Waals surface area contributed by atoms with E-state index < -0.39 is 24.1 Å². The molecule has 360 valence electrons. The third kappa shape index (κ3) is 24.6. The number of amides is 2. The van der Waals surface area contributed by atoms with Crippen molar-refractivity contribution >= 4 is 46.8 Å². The van der Waals surface area contributed by atoms with E-state index in [0.717, 1.165) is 75.6 Å². The number of carbonyl (C=O) groups is 4. The Balaban J connectivity index is 0.000000453. The number of hydrogen-bond donors (Lipinski definition) is 0. The van der Waals surface area contributed by atoms with E-state index in [2.05, 4.69) is 38.1 Å². The summed E-state index contributed by atoms with van der Waals surface area (Å²) >= 11 is 0. The van der Waals surface area contributed by atoms with Gasteiger partial charge in [-0.3, -0.25) is 9.59 Å². The zero-order valence-electron chi connectivity index (χ0n) is 40.4. The van der Waals surface area contributed by atoms with E-state index >= 15 is 0 Å². The number of benzene rings is 4. The molecule has 4 aromatic rings. The molecular weight excluding hydrogens is 861 g/mol. The molecule has 2 amide bonds. The van der Waals surface area contributed by atoms with Crippen LogP contribution in [-0.4, -0.2) is 121 Å². The van der Waals surface area contributed by atoms with Gasteiger partial charge in [0.15, 0.2) is 13.2 Å². The van der Waals surface area contributed by atoms with Crippen molar-refractivity contribution in [1.82, 2.24) is 9.80 Å². The average molecular weight is 933 g/mol. The van der Waals surface area contributed by atoms with E-state index in [9.17, 15) is 29.4 Å². The van der Waals surface area contributed by atoms with Crippen LogP contribution in [0.25, 0.3) is 0 Å². The van der Waals surface area contributed by atoms with Gasteiger partial charge in [0.05, 0.1) is 11.9 Å². The first-order valence-corrected chi connectivity index (χ1v) is 23.8. The second kappa shape index (κ2) is 35.2. The molecule has 4 aromatic carbocycles. The van der Waals surface area contributed by atoms with Gasteiger partial charge in [0, 0.05) is 52.2 Å². The zero-order chi connectivity index (χ0) is 47.8. The van der Waals surface area contributed by atoms with Crippen LogP contribution in [0.2, 0.25) is 0 Å². The molecule has 0 aliphatic heterocycles. The maximum Gasteiger partial charge on any atom is 2.00 e. The first-order chi connectivity index (χ1) is 32.1. The summed E-state index contributed by atoms with van der Waals surface area (Å²) in [5, 5.41) is 22.3. The van der Waals surface area contributed by atoms with E-state index in [4.69, 9.17) is 18.9 Å². The predicted molar refractivity (Wildman–Crippen MR) is 260 cm³/mol. The van der Waals surface area contributed by atoms with Crippen molar-refractivity contribution in [3.8, 4) is 11.5 Å². The molecule has 0 radical (unpaired) electrons. The van der Waals surface area contributed by atoms with Crippen molar-refractivity contribution in [2.45, 2.75) is 117 Å². The number of rotatable bonds is 32. The summed E-state index contributed by atoms with van der Waals surface area (Å²) in [6.45, 7) is 11.2. The first-order valence-electron chi connectivity index (χ1n) is 23.8. The van der Waals surface area contributed by atoms with Gasteiger partial charge in [-0.15, -0.1) is 0 Å². The van der Waals surface area contributed by atoms with Gasteiger partial charge < -0.3 is 48.5 Å². The molecule has 0 spiro atoms. The summed E-state index contributed by atoms with van der Waals surface area (Å²) < 4.78 is 21.9. The summed E-state index contributed by atoms with van der Waals surface area (Å²) in [5.74, 6) is -1.36. The molecule has 0 bridgehead atoms. The summed E-state index contributed by atoms with van der Waals surface area (Å²) in [5.41, 5.74) is 4.03. The Morgan fingerprint density at radius 3 is 1.13 bits per heavy atom. The van der Waals surface area contributed by atoms with E-state index in [1.165, 1.54) is 24.0 Å². The maximum absolute atomic E-state index is 12.9. The van der Waals surface area contributed by atoms with Gasteiger partial charge in [0.1, 0.15) is 23.7 Å². The molecule has 0 fully saturated rings. The van der Waals surface area contributed by atoms with Crippen LogP contribution < -0.4 is 19.7 Å². The van der Waals surface area contributed by atoms with Crippen LogP contribution in [0.1, 0.15) is 101 Å². The van der Waals surface area contributed by atoms with Gasteiger partial charge in [-0.25, -0.2) is 0 Å². The quantitative estimate of drug-likeness (QED) is 0.0394. The third-order valence-electron chi connectivity index (χ3n) is 11.0. The van der Waals surface area contributed by atoms with Crippen molar-refractivity contribution in [3.63, 3.8) is 0 Å². The smallest absolute Gasteiger partial charge is 0.547 e. The maximum atomic E-state index is 12.9. The number of carboxylic acids is 2. The van der Waals surface area contributed by atoms with Crippen LogP contribution in [0.3, 0.4) is 0 Å². The molecule has 4 rings (SSSR count). The van der Waals surface area contributed by atoms with Gasteiger partial charge in [-0.05, 0) is 86.1 Å². The molecule has 0 aliphatic rings. The van der Waals surface area contributed by atoms with Crippen LogP contribution in [-0.2, 0) is 54.3 Å². The van der Waals surface area contributed by atoms with Crippen LogP contribution >= 0.6 is 0 Å². The molecule has 12 nitrogen and oxygen atoms in total. The molecule has 67 heavy (non-hydrogen) atoms. The van der Waals surface area contributed by atoms with Gasteiger partial charge >= 0.3 is 23.1 Å². The molecule has 13 heteroatoms. The Hall–Kier alpha value is -4.95. The molecule has 0 saturated heterocycles. The van der Waals surface area contributed by atoms with Crippen molar-refractivity contribution in [2.75, 3.05) is 52.6 Å². The molecule has 0 aromatic heterocycles. The van der Waals surface area contributed by atoms with Crippen LogP contribution in [0, 0.1) is 0 Å². The topological polar surface area (TPSA) is 158 Å². The number of nitrogens with zero attached hydrogens (tertiary/aromatic N) is 2. The van der Waals surface area contributed by atoms with Crippen molar-refractivity contribution in [2.24, 2.45) is 0 Å². The van der Waals surface area contributed by atoms with Gasteiger partial charge in [0.25, 0.3) is 11.8 Å². The summed E-state index contributed by atoms with van der Waals surface area (Å²) in [6.07, 6.45) is 8.98. The summed E-state index contributed by atoms with van der Waals surface area (Å²) in [6, 6.07) is 34.5. The van der Waals surface area contributed by atoms with E-state index in [0.29, 0.717) is 37.8 Å². The fourth-order valence-corrected chi connectivity index (χ4v) is 7.17. The first kappa shape index (κ1) is 58.2. The van der Waals surface area contributed by atoms with Gasteiger partial charge in [-0.2, -0.15) is 0 Å². The Bertz CT molecular complexity index is 1790. The standard InChI is InChI=1S/2C27H37NO5.Mg/c2*1-3-5-6-10-18-28(19-17-22-11-8-7-9-12-22)26(29)21-33-24-15-13-23(14-16-24)20-25(27(30)31)32-4-2;/h2*7-9,11-16,25H,3-6,10,17-21H2,1-2H3,(H,30,31);/q;;+2/p-2/t2*25-;/m00./s1. The number of carbonyl (C=O) groups excluding carboxylic acids is 4. The minimum absolute atomic E-state index is 0. The van der Waals surface area contributed by atoms with Gasteiger partial charge in [0.2, 0.25) is 0 Å². The average Bonchev–Trinajstić information content (AvgIpc) is 3.33. The van der Waals surface area contributed by atoms with Crippen LogP contribution in [0.5, 0.6) is 11.5 Å². The fraction of sp³-hybridized carbons (Fsp3) is 0.481. The number of hydrogen-bond acceptors (Lipinski definition) is 10. The monoisotopic (exact) mass is 933 g/mol. The molecule has 2 atom stereocenters. The number of aliphatic carboxylic acids is 2. The Labute approximate surface area is 415 Å². The second-order valence-corrected chi connectivity index (χ2v) is 16.2.